The normalized spacial score (nSPS) is 36.4. The molecule has 0 N–H and O–H groups in total. The van der Waals surface area contributed by atoms with Gasteiger partial charge in [-0.15, -0.1) is 12.4 Å². The highest BCUT2D eigenvalue weighted by Gasteiger charge is 2.51. The SMILES string of the molecule is CC(=O)N(c1ccc(F)cc1)C1CSC(=NC23CC4CC(CC(C4)C2)C3)N1C.Cl. The van der Waals surface area contributed by atoms with Crippen LogP contribution < -0.4 is 4.90 Å². The maximum atomic E-state index is 13.3. The Morgan fingerprint density at radius 1 is 1.14 bits per heavy atom. The van der Waals surface area contributed by atoms with Gasteiger partial charge < -0.3 is 4.90 Å². The average molecular weight is 438 g/mol. The van der Waals surface area contributed by atoms with Gasteiger partial charge >= 0.3 is 0 Å². The van der Waals surface area contributed by atoms with Crippen LogP contribution in [-0.4, -0.2) is 40.5 Å². The predicted molar refractivity (Wildman–Crippen MR) is 119 cm³/mol. The number of carbonyl (C=O) groups excluding carboxylic acids is 1. The van der Waals surface area contributed by atoms with E-state index in [2.05, 4.69) is 4.90 Å². The van der Waals surface area contributed by atoms with Crippen LogP contribution in [0.1, 0.15) is 45.4 Å². The van der Waals surface area contributed by atoms with E-state index in [1.807, 2.05) is 7.05 Å². The molecular formula is C22H29ClFN3OS. The van der Waals surface area contributed by atoms with E-state index in [1.165, 1.54) is 50.7 Å². The van der Waals surface area contributed by atoms with Crippen molar-refractivity contribution >= 4 is 40.9 Å². The summed E-state index contributed by atoms with van der Waals surface area (Å²) in [5.74, 6) is 3.09. The molecule has 1 saturated heterocycles. The molecule has 4 bridgehead atoms. The molecule has 0 radical (unpaired) electrons. The summed E-state index contributed by atoms with van der Waals surface area (Å²) in [6.07, 6.45) is 7.90. The van der Waals surface area contributed by atoms with Crippen molar-refractivity contribution in [2.75, 3.05) is 17.7 Å². The lowest BCUT2D eigenvalue weighted by Crippen LogP contribution is -2.51. The molecular weight excluding hydrogens is 409 g/mol. The minimum absolute atomic E-state index is 0. The first-order chi connectivity index (χ1) is 13.4. The number of hydrogen-bond acceptors (Lipinski definition) is 3. The van der Waals surface area contributed by atoms with E-state index in [1.54, 1.807) is 35.7 Å². The Bertz CT molecular complexity index is 779. The highest BCUT2D eigenvalue weighted by molar-refractivity contribution is 8.14. The van der Waals surface area contributed by atoms with Gasteiger partial charge in [0.05, 0.1) is 5.54 Å². The number of amides is 1. The Morgan fingerprint density at radius 3 is 2.21 bits per heavy atom. The third-order valence-electron chi connectivity index (χ3n) is 7.19. The van der Waals surface area contributed by atoms with Gasteiger partial charge in [0.1, 0.15) is 12.0 Å². The monoisotopic (exact) mass is 437 g/mol. The summed E-state index contributed by atoms with van der Waals surface area (Å²) in [7, 11) is 2.05. The van der Waals surface area contributed by atoms with E-state index >= 15 is 0 Å². The third-order valence-corrected chi connectivity index (χ3v) is 8.29. The molecule has 29 heavy (non-hydrogen) atoms. The minimum atomic E-state index is -0.287. The zero-order valence-electron chi connectivity index (χ0n) is 17.0. The lowest BCUT2D eigenvalue weighted by atomic mass is 9.53. The number of anilines is 1. The molecule has 1 unspecified atom stereocenters. The largest absolute Gasteiger partial charge is 0.333 e. The van der Waals surface area contributed by atoms with Crippen molar-refractivity contribution in [2.24, 2.45) is 22.7 Å². The van der Waals surface area contributed by atoms with Crippen LogP contribution in [0.3, 0.4) is 0 Å². The fourth-order valence-electron chi connectivity index (χ4n) is 6.42. The molecule has 1 atom stereocenters. The Kier molecular flexibility index (Phi) is 5.62. The predicted octanol–water partition coefficient (Wildman–Crippen LogP) is 4.93. The first-order valence-electron chi connectivity index (χ1n) is 10.4. The molecule has 0 spiro atoms. The van der Waals surface area contributed by atoms with Gasteiger partial charge in [-0.25, -0.2) is 4.39 Å². The molecule has 1 aromatic rings. The van der Waals surface area contributed by atoms with Crippen LogP contribution in [0.15, 0.2) is 29.3 Å². The summed E-state index contributed by atoms with van der Waals surface area (Å²) in [6.45, 7) is 1.58. The molecule has 5 aliphatic rings. The minimum Gasteiger partial charge on any atom is -0.333 e. The molecule has 6 rings (SSSR count). The Balaban J connectivity index is 0.00000205. The second kappa shape index (κ2) is 7.77. The fraction of sp³-hybridized carbons (Fsp3) is 0.636. The zero-order valence-corrected chi connectivity index (χ0v) is 18.6. The first kappa shape index (κ1) is 21.0. The van der Waals surface area contributed by atoms with Gasteiger partial charge in [-0.2, -0.15) is 0 Å². The van der Waals surface area contributed by atoms with Gasteiger partial charge in [0, 0.05) is 25.4 Å². The summed E-state index contributed by atoms with van der Waals surface area (Å²) >= 11 is 1.76. The van der Waals surface area contributed by atoms with Crippen molar-refractivity contribution in [3.05, 3.63) is 30.1 Å². The number of hydrogen-bond donors (Lipinski definition) is 0. The highest BCUT2D eigenvalue weighted by Crippen LogP contribution is 2.57. The number of amidine groups is 1. The van der Waals surface area contributed by atoms with E-state index in [0.29, 0.717) is 0 Å². The van der Waals surface area contributed by atoms with Crippen LogP contribution in [-0.2, 0) is 4.79 Å². The topological polar surface area (TPSA) is 35.9 Å². The number of nitrogens with zero attached hydrogens (tertiary/aromatic N) is 3. The summed E-state index contributed by atoms with van der Waals surface area (Å²) in [5.41, 5.74) is 0.874. The summed E-state index contributed by atoms with van der Waals surface area (Å²) in [6, 6.07) is 6.20. The fourth-order valence-corrected chi connectivity index (χ4v) is 7.67. The summed E-state index contributed by atoms with van der Waals surface area (Å²) < 4.78 is 13.3. The zero-order chi connectivity index (χ0) is 19.5. The van der Waals surface area contributed by atoms with Crippen LogP contribution >= 0.6 is 24.2 Å². The second-order valence-corrected chi connectivity index (χ2v) is 10.3. The second-order valence-electron chi connectivity index (χ2n) is 9.30. The summed E-state index contributed by atoms with van der Waals surface area (Å²) in [5, 5.41) is 1.07. The smallest absolute Gasteiger partial charge is 0.225 e. The van der Waals surface area contributed by atoms with Crippen molar-refractivity contribution in [1.82, 2.24) is 4.90 Å². The number of aliphatic imine (C=N–C) groups is 1. The number of halogens is 2. The number of thioether (sulfide) groups is 1. The van der Waals surface area contributed by atoms with Crippen molar-refractivity contribution in [1.29, 1.82) is 0 Å². The van der Waals surface area contributed by atoms with Gasteiger partial charge in [-0.1, -0.05) is 11.8 Å². The molecule has 1 heterocycles. The Morgan fingerprint density at radius 2 is 1.69 bits per heavy atom. The molecule has 1 aliphatic heterocycles. The van der Waals surface area contributed by atoms with Gasteiger partial charge in [0.15, 0.2) is 5.17 Å². The van der Waals surface area contributed by atoms with Crippen LogP contribution in [0.4, 0.5) is 10.1 Å². The van der Waals surface area contributed by atoms with Crippen molar-refractivity contribution < 1.29 is 9.18 Å². The quantitative estimate of drug-likeness (QED) is 0.672. The van der Waals surface area contributed by atoms with Gasteiger partial charge in [-0.05, 0) is 80.5 Å². The maximum absolute atomic E-state index is 13.3. The lowest BCUT2D eigenvalue weighted by Gasteiger charge is -2.55. The van der Waals surface area contributed by atoms with E-state index in [4.69, 9.17) is 4.99 Å². The molecule has 7 heteroatoms. The standard InChI is InChI=1S/C22H28FN3OS.ClH/c1-14(27)26(19-5-3-18(23)4-6-19)20-13-28-21(25(20)2)24-22-10-15-7-16(11-22)9-17(8-15)12-22;/h3-6,15-17,20H,7-13H2,1-2H3;1H. The third kappa shape index (κ3) is 3.78. The summed E-state index contributed by atoms with van der Waals surface area (Å²) in [4.78, 5) is 21.7. The van der Waals surface area contributed by atoms with Crippen molar-refractivity contribution in [2.45, 2.75) is 57.2 Å². The van der Waals surface area contributed by atoms with Gasteiger partial charge in [-0.3, -0.25) is 14.7 Å². The van der Waals surface area contributed by atoms with E-state index in [0.717, 1.165) is 34.4 Å². The molecule has 1 amide bonds. The average Bonchev–Trinajstić information content (AvgIpc) is 2.95. The molecule has 0 aromatic heterocycles. The number of rotatable bonds is 3. The molecule has 4 aliphatic carbocycles. The molecule has 4 saturated carbocycles. The first-order valence-corrected chi connectivity index (χ1v) is 11.4. The number of benzene rings is 1. The Hall–Kier alpha value is -1.27. The molecule has 4 nitrogen and oxygen atoms in total. The highest BCUT2D eigenvalue weighted by atomic mass is 35.5. The van der Waals surface area contributed by atoms with Crippen LogP contribution in [0, 0.1) is 23.6 Å². The van der Waals surface area contributed by atoms with E-state index in [9.17, 15) is 9.18 Å². The molecule has 1 aromatic carbocycles. The lowest BCUT2D eigenvalue weighted by molar-refractivity contribution is -0.117. The van der Waals surface area contributed by atoms with Crippen molar-refractivity contribution in [3.63, 3.8) is 0 Å². The van der Waals surface area contributed by atoms with Crippen LogP contribution in [0.25, 0.3) is 0 Å². The van der Waals surface area contributed by atoms with Crippen LogP contribution in [0.2, 0.25) is 0 Å². The van der Waals surface area contributed by atoms with Crippen LogP contribution in [0.5, 0.6) is 0 Å². The van der Waals surface area contributed by atoms with Gasteiger partial charge in [0.25, 0.3) is 0 Å². The molecule has 5 fully saturated rings. The maximum Gasteiger partial charge on any atom is 0.225 e. The number of carbonyl (C=O) groups is 1. The molecule has 158 valence electrons. The van der Waals surface area contributed by atoms with Crippen molar-refractivity contribution in [3.8, 4) is 0 Å². The Labute approximate surface area is 182 Å². The van der Waals surface area contributed by atoms with Gasteiger partial charge in [0.2, 0.25) is 5.91 Å². The van der Waals surface area contributed by atoms with E-state index < -0.39 is 0 Å². The van der Waals surface area contributed by atoms with E-state index in [-0.39, 0.29) is 35.8 Å².